The third-order valence-electron chi connectivity index (χ3n) is 4.97. The minimum absolute atomic E-state index is 0.00538. The van der Waals surface area contributed by atoms with Gasteiger partial charge in [-0.2, -0.15) is 4.31 Å². The highest BCUT2D eigenvalue weighted by atomic mass is 32.2. The van der Waals surface area contributed by atoms with Crippen molar-refractivity contribution in [2.75, 3.05) is 6.54 Å². The van der Waals surface area contributed by atoms with E-state index in [1.165, 1.54) is 36.4 Å². The molecule has 1 fully saturated rings. The summed E-state index contributed by atoms with van der Waals surface area (Å²) in [6.07, 6.45) is 4.00. The number of nitrogens with one attached hydrogen (secondary N) is 1. The van der Waals surface area contributed by atoms with Crippen LogP contribution in [0.5, 0.6) is 0 Å². The highest BCUT2D eigenvalue weighted by Crippen LogP contribution is 2.20. The summed E-state index contributed by atoms with van der Waals surface area (Å²) in [7, 11) is -3.88. The molecule has 0 heterocycles. The van der Waals surface area contributed by atoms with Gasteiger partial charge in [-0.1, -0.05) is 42.7 Å². The molecule has 0 unspecified atom stereocenters. The second-order valence-electron chi connectivity index (χ2n) is 7.26. The molecule has 1 aliphatic rings. The number of carbonyl (C=O) groups is 1. The third-order valence-corrected chi connectivity index (χ3v) is 6.78. The molecule has 0 saturated heterocycles. The van der Waals surface area contributed by atoms with E-state index in [0.717, 1.165) is 35.6 Å². The summed E-state index contributed by atoms with van der Waals surface area (Å²) < 4.78 is 40.7. The third kappa shape index (κ3) is 5.17. The molecule has 1 saturated carbocycles. The van der Waals surface area contributed by atoms with Crippen LogP contribution in [0.4, 0.5) is 4.39 Å². The second kappa shape index (κ2) is 8.84. The van der Waals surface area contributed by atoms with Gasteiger partial charge in [0.15, 0.2) is 0 Å². The average molecular weight is 405 g/mol. The van der Waals surface area contributed by atoms with Crippen LogP contribution in [0.25, 0.3) is 0 Å². The average Bonchev–Trinajstić information content (AvgIpc) is 3.16. The van der Waals surface area contributed by atoms with E-state index in [-0.39, 0.29) is 29.9 Å². The summed E-state index contributed by atoms with van der Waals surface area (Å²) in [5.41, 5.74) is 1.56. The van der Waals surface area contributed by atoms with E-state index in [9.17, 15) is 17.6 Å². The van der Waals surface area contributed by atoms with Crippen molar-refractivity contribution in [2.45, 2.75) is 50.1 Å². The quantitative estimate of drug-likeness (QED) is 0.769. The fraction of sp³-hybridized carbons (Fsp3) is 0.381. The fourth-order valence-corrected chi connectivity index (χ4v) is 4.77. The molecule has 1 N–H and O–H groups in total. The van der Waals surface area contributed by atoms with Crippen LogP contribution in [0.2, 0.25) is 0 Å². The molecule has 2 aromatic carbocycles. The molecule has 7 heteroatoms. The van der Waals surface area contributed by atoms with Crippen LogP contribution in [0, 0.1) is 12.7 Å². The van der Waals surface area contributed by atoms with Crippen LogP contribution in [-0.4, -0.2) is 31.2 Å². The summed E-state index contributed by atoms with van der Waals surface area (Å²) >= 11 is 0. The van der Waals surface area contributed by atoms with Crippen molar-refractivity contribution >= 4 is 15.9 Å². The van der Waals surface area contributed by atoms with Crippen LogP contribution < -0.4 is 5.32 Å². The van der Waals surface area contributed by atoms with E-state index in [1.54, 1.807) is 12.1 Å². The van der Waals surface area contributed by atoms with Gasteiger partial charge >= 0.3 is 0 Å². The summed E-state index contributed by atoms with van der Waals surface area (Å²) in [6, 6.07) is 12.3. The number of hydrogen-bond donors (Lipinski definition) is 1. The molecule has 5 nitrogen and oxygen atoms in total. The maximum absolute atomic E-state index is 13.2. The summed E-state index contributed by atoms with van der Waals surface area (Å²) in [6.45, 7) is 1.60. The van der Waals surface area contributed by atoms with Gasteiger partial charge in [0.25, 0.3) is 0 Å². The standard InChI is InChI=1S/C21H25FN2O3S/c1-16-6-12-20(13-7-16)28(26,27)24(14-17-8-10-18(22)11-9-17)15-21(25)23-19-4-2-3-5-19/h6-13,19H,2-5,14-15H2,1H3,(H,23,25). The molecule has 0 bridgehead atoms. The molecular weight excluding hydrogens is 379 g/mol. The first-order chi connectivity index (χ1) is 13.3. The first kappa shape index (κ1) is 20.5. The molecule has 0 atom stereocenters. The molecule has 0 radical (unpaired) electrons. The number of benzene rings is 2. The molecule has 0 aromatic heterocycles. The topological polar surface area (TPSA) is 66.5 Å². The lowest BCUT2D eigenvalue weighted by Gasteiger charge is -2.23. The Hall–Kier alpha value is -2.25. The van der Waals surface area contributed by atoms with Gasteiger partial charge in [-0.15, -0.1) is 0 Å². The van der Waals surface area contributed by atoms with E-state index < -0.39 is 15.8 Å². The largest absolute Gasteiger partial charge is 0.352 e. The Morgan fingerprint density at radius 2 is 1.68 bits per heavy atom. The van der Waals surface area contributed by atoms with Crippen molar-refractivity contribution in [3.05, 3.63) is 65.5 Å². The van der Waals surface area contributed by atoms with Crippen LogP contribution >= 0.6 is 0 Å². The number of carbonyl (C=O) groups excluding carboxylic acids is 1. The van der Waals surface area contributed by atoms with E-state index in [1.807, 2.05) is 6.92 Å². The van der Waals surface area contributed by atoms with Crippen molar-refractivity contribution in [1.82, 2.24) is 9.62 Å². The van der Waals surface area contributed by atoms with Gasteiger partial charge in [-0.05, 0) is 49.6 Å². The zero-order chi connectivity index (χ0) is 20.1. The Morgan fingerprint density at radius 3 is 2.29 bits per heavy atom. The predicted octanol–water partition coefficient (Wildman–Crippen LogP) is 3.38. The molecular formula is C21H25FN2O3S. The normalized spacial score (nSPS) is 15.1. The number of amides is 1. The Balaban J connectivity index is 1.83. The molecule has 1 amide bonds. The van der Waals surface area contributed by atoms with Gasteiger partial charge < -0.3 is 5.32 Å². The smallest absolute Gasteiger partial charge is 0.243 e. The van der Waals surface area contributed by atoms with Crippen LogP contribution in [0.1, 0.15) is 36.8 Å². The van der Waals surface area contributed by atoms with Gasteiger partial charge in [0, 0.05) is 12.6 Å². The monoisotopic (exact) mass is 404 g/mol. The Labute approximate surface area is 165 Å². The number of halogens is 1. The minimum Gasteiger partial charge on any atom is -0.352 e. The SMILES string of the molecule is Cc1ccc(S(=O)(=O)N(CC(=O)NC2CCCC2)Cc2ccc(F)cc2)cc1. The van der Waals surface area contributed by atoms with Crippen molar-refractivity contribution in [2.24, 2.45) is 0 Å². The Kier molecular flexibility index (Phi) is 6.46. The fourth-order valence-electron chi connectivity index (χ4n) is 3.38. The molecule has 1 aliphatic carbocycles. The second-order valence-corrected chi connectivity index (χ2v) is 9.20. The number of aryl methyl sites for hydroxylation is 1. The summed E-state index contributed by atoms with van der Waals surface area (Å²) in [5, 5.41) is 2.93. The van der Waals surface area contributed by atoms with Crippen LogP contribution in [0.3, 0.4) is 0 Å². The number of hydrogen-bond acceptors (Lipinski definition) is 3. The van der Waals surface area contributed by atoms with Crippen LogP contribution in [-0.2, 0) is 21.4 Å². The van der Waals surface area contributed by atoms with Crippen molar-refractivity contribution < 1.29 is 17.6 Å². The molecule has 3 rings (SSSR count). The Morgan fingerprint density at radius 1 is 1.07 bits per heavy atom. The highest BCUT2D eigenvalue weighted by Gasteiger charge is 2.28. The minimum atomic E-state index is -3.88. The molecule has 28 heavy (non-hydrogen) atoms. The summed E-state index contributed by atoms with van der Waals surface area (Å²) in [4.78, 5) is 12.6. The van der Waals surface area contributed by atoms with Gasteiger partial charge in [-0.25, -0.2) is 12.8 Å². The number of rotatable bonds is 7. The van der Waals surface area contributed by atoms with Crippen molar-refractivity contribution in [1.29, 1.82) is 0 Å². The van der Waals surface area contributed by atoms with Gasteiger partial charge in [0.2, 0.25) is 15.9 Å². The first-order valence-electron chi connectivity index (χ1n) is 9.45. The molecule has 150 valence electrons. The lowest BCUT2D eigenvalue weighted by atomic mass is 10.2. The predicted molar refractivity (Wildman–Crippen MR) is 106 cm³/mol. The lowest BCUT2D eigenvalue weighted by molar-refractivity contribution is -0.122. The maximum Gasteiger partial charge on any atom is 0.243 e. The van der Waals surface area contributed by atoms with Gasteiger partial charge in [-0.3, -0.25) is 4.79 Å². The molecule has 0 spiro atoms. The summed E-state index contributed by atoms with van der Waals surface area (Å²) in [5.74, 6) is -0.708. The van der Waals surface area contributed by atoms with E-state index >= 15 is 0 Å². The van der Waals surface area contributed by atoms with Crippen LogP contribution in [0.15, 0.2) is 53.4 Å². The molecule has 0 aliphatic heterocycles. The number of sulfonamides is 1. The number of nitrogens with zero attached hydrogens (tertiary/aromatic N) is 1. The molecule has 2 aromatic rings. The first-order valence-corrected chi connectivity index (χ1v) is 10.9. The lowest BCUT2D eigenvalue weighted by Crippen LogP contribution is -2.43. The van der Waals surface area contributed by atoms with Gasteiger partial charge in [0.1, 0.15) is 5.82 Å². The van der Waals surface area contributed by atoms with E-state index in [2.05, 4.69) is 5.32 Å². The maximum atomic E-state index is 13.2. The van der Waals surface area contributed by atoms with Gasteiger partial charge in [0.05, 0.1) is 11.4 Å². The van der Waals surface area contributed by atoms with Crippen molar-refractivity contribution in [3.8, 4) is 0 Å². The zero-order valence-corrected chi connectivity index (χ0v) is 16.7. The van der Waals surface area contributed by atoms with E-state index in [4.69, 9.17) is 0 Å². The zero-order valence-electron chi connectivity index (χ0n) is 15.9. The Bertz CT molecular complexity index is 906. The van der Waals surface area contributed by atoms with Crippen molar-refractivity contribution in [3.63, 3.8) is 0 Å². The van der Waals surface area contributed by atoms with E-state index in [0.29, 0.717) is 5.56 Å². The highest BCUT2D eigenvalue weighted by molar-refractivity contribution is 7.89.